The summed E-state index contributed by atoms with van der Waals surface area (Å²) in [5.41, 5.74) is -0.980. The Bertz CT molecular complexity index is 667. The molecule has 1 aliphatic carbocycles. The molecule has 7 nitrogen and oxygen atoms in total. The summed E-state index contributed by atoms with van der Waals surface area (Å²) in [5.74, 6) is 0.752. The fourth-order valence-corrected chi connectivity index (χ4v) is 3.73. The van der Waals surface area contributed by atoms with Crippen molar-refractivity contribution in [3.8, 4) is 0 Å². The predicted octanol–water partition coefficient (Wildman–Crippen LogP) is 0.261. The van der Waals surface area contributed by atoms with Crippen LogP contribution < -0.4 is 11.2 Å². The van der Waals surface area contributed by atoms with Crippen LogP contribution in [-0.2, 0) is 11.3 Å². The van der Waals surface area contributed by atoms with Crippen LogP contribution in [0.25, 0.3) is 0 Å². The largest absolute Gasteiger partial charge is 0.339 e. The number of hydrogen-bond donors (Lipinski definition) is 1. The summed E-state index contributed by atoms with van der Waals surface area (Å²) in [4.78, 5) is 41.5. The monoisotopic (exact) mass is 334 g/mol. The van der Waals surface area contributed by atoms with E-state index in [2.05, 4.69) is 9.88 Å². The van der Waals surface area contributed by atoms with Gasteiger partial charge in [0.05, 0.1) is 0 Å². The van der Waals surface area contributed by atoms with Gasteiger partial charge in [0.1, 0.15) is 6.54 Å². The molecule has 1 aliphatic heterocycles. The van der Waals surface area contributed by atoms with E-state index < -0.39 is 11.2 Å². The molecule has 0 unspecified atom stereocenters. The van der Waals surface area contributed by atoms with E-state index >= 15 is 0 Å². The number of aromatic nitrogens is 2. The number of aromatic amines is 1. The molecule has 1 saturated heterocycles. The Hall–Kier alpha value is -1.89. The molecule has 2 heterocycles. The molecule has 0 spiro atoms. The normalized spacial score (nSPS) is 20.2. The maximum Gasteiger partial charge on any atom is 0.328 e. The standard InChI is InChI=1S/C17H26N4O3/c22-15-6-7-21(17(24)18-15)13-16(23)20-10-8-19(9-11-20)12-14-4-2-1-3-5-14/h6-7,14H,1-5,8-13H2,(H,18,22,24). The first-order chi connectivity index (χ1) is 11.6. The SMILES string of the molecule is O=C(Cn1ccc(=O)[nH]c1=O)N1CCN(CC2CCCCC2)CC1. The zero-order valence-corrected chi connectivity index (χ0v) is 14.1. The molecule has 1 amide bonds. The number of nitrogens with zero attached hydrogens (tertiary/aromatic N) is 3. The predicted molar refractivity (Wildman–Crippen MR) is 90.9 cm³/mol. The number of nitrogens with one attached hydrogen (secondary N) is 1. The first kappa shape index (κ1) is 17.0. The fraction of sp³-hybridized carbons (Fsp3) is 0.706. The summed E-state index contributed by atoms with van der Waals surface area (Å²) in [6, 6.07) is 1.26. The zero-order valence-electron chi connectivity index (χ0n) is 14.1. The maximum absolute atomic E-state index is 12.4. The lowest BCUT2D eigenvalue weighted by atomic mass is 9.89. The Kier molecular flexibility index (Phi) is 5.50. The summed E-state index contributed by atoms with van der Waals surface area (Å²) in [5, 5.41) is 0. The highest BCUT2D eigenvalue weighted by molar-refractivity contribution is 5.76. The van der Waals surface area contributed by atoms with E-state index in [1.54, 1.807) is 0 Å². The molecule has 2 fully saturated rings. The van der Waals surface area contributed by atoms with Crippen molar-refractivity contribution in [3.05, 3.63) is 33.1 Å². The number of rotatable bonds is 4. The molecule has 132 valence electrons. The molecule has 1 aromatic rings. The molecule has 0 aromatic carbocycles. The van der Waals surface area contributed by atoms with E-state index in [1.165, 1.54) is 48.9 Å². The van der Waals surface area contributed by atoms with Crippen molar-refractivity contribution in [1.29, 1.82) is 0 Å². The van der Waals surface area contributed by atoms with Crippen molar-refractivity contribution in [2.45, 2.75) is 38.6 Å². The van der Waals surface area contributed by atoms with E-state index in [4.69, 9.17) is 0 Å². The molecule has 1 saturated carbocycles. The van der Waals surface area contributed by atoms with Crippen LogP contribution in [0.15, 0.2) is 21.9 Å². The number of carbonyl (C=O) groups excluding carboxylic acids is 1. The van der Waals surface area contributed by atoms with E-state index in [-0.39, 0.29) is 12.5 Å². The van der Waals surface area contributed by atoms with E-state index in [9.17, 15) is 14.4 Å². The third-order valence-corrected chi connectivity index (χ3v) is 5.17. The Morgan fingerprint density at radius 2 is 1.79 bits per heavy atom. The van der Waals surface area contributed by atoms with Crippen LogP contribution in [0.5, 0.6) is 0 Å². The Morgan fingerprint density at radius 3 is 2.46 bits per heavy atom. The van der Waals surface area contributed by atoms with Gasteiger partial charge < -0.3 is 4.90 Å². The lowest BCUT2D eigenvalue weighted by Gasteiger charge is -2.37. The van der Waals surface area contributed by atoms with Crippen molar-refractivity contribution >= 4 is 5.91 Å². The van der Waals surface area contributed by atoms with Crippen molar-refractivity contribution < 1.29 is 4.79 Å². The smallest absolute Gasteiger partial charge is 0.328 e. The lowest BCUT2D eigenvalue weighted by Crippen LogP contribution is -2.51. The average molecular weight is 334 g/mol. The van der Waals surface area contributed by atoms with Gasteiger partial charge in [0.2, 0.25) is 5.91 Å². The third kappa shape index (κ3) is 4.35. The average Bonchev–Trinajstić information content (AvgIpc) is 2.59. The summed E-state index contributed by atoms with van der Waals surface area (Å²) < 4.78 is 1.25. The Balaban J connectivity index is 1.48. The molecule has 1 N–H and O–H groups in total. The molecule has 0 radical (unpaired) electrons. The van der Waals surface area contributed by atoms with Crippen LogP contribution >= 0.6 is 0 Å². The fourth-order valence-electron chi connectivity index (χ4n) is 3.73. The van der Waals surface area contributed by atoms with Crippen LogP contribution in [-0.4, -0.2) is 58.0 Å². The minimum atomic E-state index is -0.535. The van der Waals surface area contributed by atoms with Gasteiger partial charge in [-0.2, -0.15) is 0 Å². The molecule has 2 aliphatic rings. The van der Waals surface area contributed by atoms with Gasteiger partial charge in [-0.25, -0.2) is 4.79 Å². The molecular formula is C17H26N4O3. The van der Waals surface area contributed by atoms with Gasteiger partial charge in [-0.05, 0) is 18.8 Å². The second kappa shape index (κ2) is 7.79. The van der Waals surface area contributed by atoms with Crippen LogP contribution in [0.4, 0.5) is 0 Å². The van der Waals surface area contributed by atoms with Crippen LogP contribution in [0.3, 0.4) is 0 Å². The topological polar surface area (TPSA) is 78.4 Å². The van der Waals surface area contributed by atoms with E-state index in [0.717, 1.165) is 25.6 Å². The second-order valence-corrected chi connectivity index (χ2v) is 6.92. The van der Waals surface area contributed by atoms with Crippen molar-refractivity contribution in [2.75, 3.05) is 32.7 Å². The number of piperazine rings is 1. The molecule has 24 heavy (non-hydrogen) atoms. The van der Waals surface area contributed by atoms with Crippen LogP contribution in [0.1, 0.15) is 32.1 Å². The summed E-state index contributed by atoms with van der Waals surface area (Å²) in [7, 11) is 0. The van der Waals surface area contributed by atoms with Gasteiger partial charge in [0, 0.05) is 45.0 Å². The maximum atomic E-state index is 12.4. The molecule has 1 aromatic heterocycles. The first-order valence-electron chi connectivity index (χ1n) is 8.92. The Morgan fingerprint density at radius 1 is 1.08 bits per heavy atom. The third-order valence-electron chi connectivity index (χ3n) is 5.17. The molecule has 7 heteroatoms. The quantitative estimate of drug-likeness (QED) is 0.857. The van der Waals surface area contributed by atoms with Gasteiger partial charge in [0.15, 0.2) is 0 Å². The number of amides is 1. The van der Waals surface area contributed by atoms with Gasteiger partial charge >= 0.3 is 5.69 Å². The molecular weight excluding hydrogens is 308 g/mol. The second-order valence-electron chi connectivity index (χ2n) is 6.92. The van der Waals surface area contributed by atoms with Crippen molar-refractivity contribution in [1.82, 2.24) is 19.4 Å². The van der Waals surface area contributed by atoms with Gasteiger partial charge in [-0.3, -0.25) is 24.0 Å². The van der Waals surface area contributed by atoms with Crippen LogP contribution in [0.2, 0.25) is 0 Å². The minimum Gasteiger partial charge on any atom is -0.339 e. The Labute approximate surface area is 141 Å². The van der Waals surface area contributed by atoms with Crippen molar-refractivity contribution in [3.63, 3.8) is 0 Å². The summed E-state index contributed by atoms with van der Waals surface area (Å²) in [6.45, 7) is 4.37. The van der Waals surface area contributed by atoms with E-state index in [0.29, 0.717) is 13.1 Å². The summed E-state index contributed by atoms with van der Waals surface area (Å²) in [6.07, 6.45) is 8.15. The highest BCUT2D eigenvalue weighted by Crippen LogP contribution is 2.24. The molecule has 3 rings (SSSR count). The highest BCUT2D eigenvalue weighted by Gasteiger charge is 2.24. The van der Waals surface area contributed by atoms with Gasteiger partial charge in [-0.1, -0.05) is 19.3 Å². The first-order valence-corrected chi connectivity index (χ1v) is 8.92. The lowest BCUT2D eigenvalue weighted by molar-refractivity contribution is -0.133. The zero-order chi connectivity index (χ0) is 16.9. The van der Waals surface area contributed by atoms with Gasteiger partial charge in [0.25, 0.3) is 5.56 Å². The number of carbonyl (C=O) groups is 1. The summed E-state index contributed by atoms with van der Waals surface area (Å²) >= 11 is 0. The van der Waals surface area contributed by atoms with E-state index in [1.807, 2.05) is 4.90 Å². The minimum absolute atomic E-state index is 0.0156. The highest BCUT2D eigenvalue weighted by atomic mass is 16.2. The van der Waals surface area contributed by atoms with Crippen molar-refractivity contribution in [2.24, 2.45) is 5.92 Å². The molecule has 0 atom stereocenters. The number of hydrogen-bond acceptors (Lipinski definition) is 4. The van der Waals surface area contributed by atoms with Gasteiger partial charge in [-0.15, -0.1) is 0 Å². The van der Waals surface area contributed by atoms with Crippen LogP contribution in [0, 0.1) is 5.92 Å². The molecule has 0 bridgehead atoms. The number of H-pyrrole nitrogens is 1.